The molecule has 0 heterocycles. The van der Waals surface area contributed by atoms with Crippen molar-refractivity contribution >= 4 is 37.8 Å². The fourth-order valence-corrected chi connectivity index (χ4v) is 1.67. The fourth-order valence-electron chi connectivity index (χ4n) is 1.13. The summed E-state index contributed by atoms with van der Waals surface area (Å²) in [4.78, 5) is 12.1. The molecule has 0 fully saturated rings. The van der Waals surface area contributed by atoms with E-state index in [9.17, 15) is 9.18 Å². The van der Waals surface area contributed by atoms with Crippen molar-refractivity contribution in [2.24, 2.45) is 0 Å². The summed E-state index contributed by atoms with van der Waals surface area (Å²) in [6.45, 7) is 5.75. The summed E-state index contributed by atoms with van der Waals surface area (Å²) in [7, 11) is 0. The first-order chi connectivity index (χ1) is 7.74. The first kappa shape index (κ1) is 14.6. The van der Waals surface area contributed by atoms with Gasteiger partial charge in [-0.3, -0.25) is 4.79 Å². The van der Waals surface area contributed by atoms with E-state index in [0.29, 0.717) is 10.0 Å². The van der Waals surface area contributed by atoms with Crippen LogP contribution >= 0.6 is 31.9 Å². The standard InChI is InChI=1S/C12H14Br2FNO/c1-7(13)12(2,3)16-11(17)9-6-8(15)4-5-10(9)14/h4-7H,1-3H3,(H,16,17). The Morgan fingerprint density at radius 2 is 2.06 bits per heavy atom. The minimum Gasteiger partial charge on any atom is -0.346 e. The van der Waals surface area contributed by atoms with Gasteiger partial charge in [-0.05, 0) is 48.0 Å². The van der Waals surface area contributed by atoms with E-state index in [2.05, 4.69) is 37.2 Å². The summed E-state index contributed by atoms with van der Waals surface area (Å²) in [5.74, 6) is -0.726. The van der Waals surface area contributed by atoms with Crippen LogP contribution in [-0.2, 0) is 0 Å². The van der Waals surface area contributed by atoms with Gasteiger partial charge < -0.3 is 5.32 Å². The summed E-state index contributed by atoms with van der Waals surface area (Å²) < 4.78 is 13.7. The quantitative estimate of drug-likeness (QED) is 0.808. The summed E-state index contributed by atoms with van der Waals surface area (Å²) in [6, 6.07) is 4.04. The molecular weight excluding hydrogens is 353 g/mol. The first-order valence-electron chi connectivity index (χ1n) is 5.15. The van der Waals surface area contributed by atoms with Gasteiger partial charge in [-0.1, -0.05) is 22.9 Å². The molecule has 1 aromatic carbocycles. The van der Waals surface area contributed by atoms with Crippen LogP contribution in [-0.4, -0.2) is 16.3 Å². The highest BCUT2D eigenvalue weighted by Gasteiger charge is 2.26. The lowest BCUT2D eigenvalue weighted by Crippen LogP contribution is -2.48. The van der Waals surface area contributed by atoms with Gasteiger partial charge in [-0.25, -0.2) is 4.39 Å². The van der Waals surface area contributed by atoms with Crippen molar-refractivity contribution in [1.82, 2.24) is 5.32 Å². The SMILES string of the molecule is CC(Br)C(C)(C)NC(=O)c1cc(F)ccc1Br. The van der Waals surface area contributed by atoms with Gasteiger partial charge >= 0.3 is 0 Å². The van der Waals surface area contributed by atoms with Crippen molar-refractivity contribution in [3.63, 3.8) is 0 Å². The van der Waals surface area contributed by atoms with Gasteiger partial charge in [-0.2, -0.15) is 0 Å². The number of halogens is 3. The normalized spacial score (nSPS) is 13.3. The third-order valence-corrected chi connectivity index (χ3v) is 4.44. The van der Waals surface area contributed by atoms with Crippen LogP contribution in [0.4, 0.5) is 4.39 Å². The van der Waals surface area contributed by atoms with Crippen LogP contribution < -0.4 is 5.32 Å². The molecule has 2 nitrogen and oxygen atoms in total. The zero-order valence-electron chi connectivity index (χ0n) is 9.85. The average Bonchev–Trinajstić information content (AvgIpc) is 2.20. The predicted octanol–water partition coefficient (Wildman–Crippen LogP) is 3.88. The molecule has 0 spiro atoms. The molecule has 1 unspecified atom stereocenters. The van der Waals surface area contributed by atoms with Crippen molar-refractivity contribution in [2.45, 2.75) is 31.1 Å². The topological polar surface area (TPSA) is 29.1 Å². The van der Waals surface area contributed by atoms with Crippen molar-refractivity contribution in [2.75, 3.05) is 0 Å². The van der Waals surface area contributed by atoms with Crippen LogP contribution in [0.5, 0.6) is 0 Å². The maximum absolute atomic E-state index is 13.1. The Kier molecular flexibility index (Phi) is 4.72. The molecule has 0 radical (unpaired) electrons. The van der Waals surface area contributed by atoms with Crippen LogP contribution in [0.3, 0.4) is 0 Å². The van der Waals surface area contributed by atoms with Crippen LogP contribution in [0.2, 0.25) is 0 Å². The zero-order chi connectivity index (χ0) is 13.2. The molecule has 1 amide bonds. The summed E-state index contributed by atoms with van der Waals surface area (Å²) in [6.07, 6.45) is 0. The molecule has 0 saturated carbocycles. The molecule has 0 saturated heterocycles. The predicted molar refractivity (Wildman–Crippen MR) is 74.0 cm³/mol. The third-order valence-electron chi connectivity index (χ3n) is 2.60. The Morgan fingerprint density at radius 3 is 2.59 bits per heavy atom. The third kappa shape index (κ3) is 3.78. The highest BCUT2D eigenvalue weighted by molar-refractivity contribution is 9.10. The number of nitrogens with one attached hydrogen (secondary N) is 1. The lowest BCUT2D eigenvalue weighted by atomic mass is 10.0. The Morgan fingerprint density at radius 1 is 1.47 bits per heavy atom. The van der Waals surface area contributed by atoms with Crippen molar-refractivity contribution < 1.29 is 9.18 Å². The second-order valence-electron chi connectivity index (χ2n) is 4.42. The minimum absolute atomic E-state index is 0.103. The maximum atomic E-state index is 13.1. The van der Waals surface area contributed by atoms with Gasteiger partial charge in [0.15, 0.2) is 0 Å². The summed E-state index contributed by atoms with van der Waals surface area (Å²) in [5, 5.41) is 2.86. The van der Waals surface area contributed by atoms with Crippen molar-refractivity contribution in [3.05, 3.63) is 34.1 Å². The maximum Gasteiger partial charge on any atom is 0.252 e. The van der Waals surface area contributed by atoms with Gasteiger partial charge in [0.1, 0.15) is 5.82 Å². The van der Waals surface area contributed by atoms with Crippen molar-refractivity contribution in [1.29, 1.82) is 0 Å². The van der Waals surface area contributed by atoms with Crippen LogP contribution in [0, 0.1) is 5.82 Å². The van der Waals surface area contributed by atoms with Gasteiger partial charge in [-0.15, -0.1) is 0 Å². The lowest BCUT2D eigenvalue weighted by molar-refractivity contribution is 0.0912. The lowest BCUT2D eigenvalue weighted by Gasteiger charge is -2.29. The van der Waals surface area contributed by atoms with Gasteiger partial charge in [0.25, 0.3) is 5.91 Å². The summed E-state index contributed by atoms with van der Waals surface area (Å²) in [5.41, 5.74) is -0.116. The number of hydrogen-bond acceptors (Lipinski definition) is 1. The fraction of sp³-hybridized carbons (Fsp3) is 0.417. The molecule has 0 aliphatic rings. The highest BCUT2D eigenvalue weighted by Crippen LogP contribution is 2.21. The number of hydrogen-bond donors (Lipinski definition) is 1. The van der Waals surface area contributed by atoms with Crippen LogP contribution in [0.15, 0.2) is 22.7 Å². The van der Waals surface area contributed by atoms with E-state index >= 15 is 0 Å². The number of carbonyl (C=O) groups is 1. The molecule has 17 heavy (non-hydrogen) atoms. The largest absolute Gasteiger partial charge is 0.346 e. The van der Waals surface area contributed by atoms with E-state index in [1.54, 1.807) is 0 Å². The number of rotatable bonds is 3. The molecule has 5 heteroatoms. The average molecular weight is 367 g/mol. The van der Waals surface area contributed by atoms with Gasteiger partial charge in [0.2, 0.25) is 0 Å². The molecule has 0 aromatic heterocycles. The molecule has 0 aliphatic heterocycles. The Balaban J connectivity index is 2.94. The molecule has 0 bridgehead atoms. The molecule has 94 valence electrons. The Labute approximate surface area is 117 Å². The molecule has 0 aliphatic carbocycles. The Hall–Kier alpha value is -0.420. The van der Waals surface area contributed by atoms with E-state index in [-0.39, 0.29) is 10.7 Å². The zero-order valence-corrected chi connectivity index (χ0v) is 13.0. The first-order valence-corrected chi connectivity index (χ1v) is 6.86. The molecule has 1 N–H and O–H groups in total. The number of alkyl halides is 1. The minimum atomic E-state index is -0.428. The Bertz CT molecular complexity index is 433. The van der Waals surface area contributed by atoms with E-state index in [1.165, 1.54) is 18.2 Å². The van der Waals surface area contributed by atoms with Gasteiger partial charge in [0.05, 0.1) is 5.56 Å². The number of carbonyl (C=O) groups excluding carboxylic acids is 1. The van der Waals surface area contributed by atoms with Crippen molar-refractivity contribution in [3.8, 4) is 0 Å². The van der Waals surface area contributed by atoms with Crippen LogP contribution in [0.25, 0.3) is 0 Å². The molecular formula is C12H14Br2FNO. The monoisotopic (exact) mass is 365 g/mol. The van der Waals surface area contributed by atoms with E-state index in [1.807, 2.05) is 20.8 Å². The van der Waals surface area contributed by atoms with E-state index in [0.717, 1.165) is 0 Å². The number of benzene rings is 1. The molecule has 1 atom stereocenters. The molecule has 1 aromatic rings. The smallest absolute Gasteiger partial charge is 0.252 e. The van der Waals surface area contributed by atoms with Crippen LogP contribution in [0.1, 0.15) is 31.1 Å². The van der Waals surface area contributed by atoms with E-state index in [4.69, 9.17) is 0 Å². The second-order valence-corrected chi connectivity index (χ2v) is 6.64. The molecule has 1 rings (SSSR count). The van der Waals surface area contributed by atoms with E-state index < -0.39 is 11.4 Å². The number of amides is 1. The highest BCUT2D eigenvalue weighted by atomic mass is 79.9. The summed E-state index contributed by atoms with van der Waals surface area (Å²) >= 11 is 6.67. The second kappa shape index (κ2) is 5.48. The van der Waals surface area contributed by atoms with Gasteiger partial charge in [0, 0.05) is 14.8 Å².